The van der Waals surface area contributed by atoms with Crippen LogP contribution in [-0.4, -0.2) is 22.4 Å². The quantitative estimate of drug-likeness (QED) is 0.667. The maximum Gasteiger partial charge on any atom is 0.345 e. The van der Waals surface area contributed by atoms with Crippen molar-refractivity contribution in [3.63, 3.8) is 0 Å². The van der Waals surface area contributed by atoms with Crippen LogP contribution in [-0.2, 0) is 4.79 Å². The molecule has 1 heterocycles. The zero-order chi connectivity index (χ0) is 13.7. The Balaban J connectivity index is 1.85. The first-order chi connectivity index (χ1) is 9.15. The predicted molar refractivity (Wildman–Crippen MR) is 69.3 cm³/mol. The highest BCUT2D eigenvalue weighted by Gasteiger charge is 2.13. The monoisotopic (exact) mass is 279 g/mol. The van der Waals surface area contributed by atoms with Crippen LogP contribution < -0.4 is 10.1 Å². The fourth-order valence-electron chi connectivity index (χ4n) is 1.23. The zero-order valence-corrected chi connectivity index (χ0v) is 10.4. The summed E-state index contributed by atoms with van der Waals surface area (Å²) >= 11 is 0.793. The Hall–Kier alpha value is -2.48. The van der Waals surface area contributed by atoms with Gasteiger partial charge in [-0.15, -0.1) is 0 Å². The van der Waals surface area contributed by atoms with E-state index in [2.05, 4.69) is 10.3 Å². The molecule has 0 aliphatic carbocycles. The maximum absolute atomic E-state index is 11.5. The molecule has 0 aliphatic heterocycles. The van der Waals surface area contributed by atoms with E-state index >= 15 is 0 Å². The van der Waals surface area contributed by atoms with E-state index in [0.717, 1.165) is 17.5 Å². The lowest BCUT2D eigenvalue weighted by atomic mass is 10.3. The molecule has 1 N–H and O–H groups in total. The molecule has 0 saturated carbocycles. The number of amides is 1. The number of aromatic nitrogens is 1. The minimum Gasteiger partial charge on any atom is -0.484 e. The Morgan fingerprint density at radius 2 is 2.16 bits per heavy atom. The average molecular weight is 279 g/mol. The second kappa shape index (κ2) is 5.91. The highest BCUT2D eigenvalue weighted by atomic mass is 32.1. The number of hydrogen-bond donors (Lipinski definition) is 1. The number of carbonyl (C=O) groups excluding carboxylic acids is 1. The van der Waals surface area contributed by atoms with Gasteiger partial charge in [-0.2, -0.15) is 0 Å². The molecule has 1 aromatic carbocycles. The Kier molecular flexibility index (Phi) is 4.04. The van der Waals surface area contributed by atoms with Crippen molar-refractivity contribution in [1.82, 2.24) is 4.98 Å². The number of nitrogens with one attached hydrogen (secondary N) is 1. The summed E-state index contributed by atoms with van der Waals surface area (Å²) in [5.74, 6) is 0.149. The number of anilines is 1. The van der Waals surface area contributed by atoms with Crippen molar-refractivity contribution in [2.45, 2.75) is 0 Å². The lowest BCUT2D eigenvalue weighted by Gasteiger charge is -2.04. The fraction of sp³-hybridized carbons (Fsp3) is 0.0909. The summed E-state index contributed by atoms with van der Waals surface area (Å²) in [4.78, 5) is 25.1. The number of carbonyl (C=O) groups is 1. The average Bonchev–Trinajstić information content (AvgIpc) is 2.86. The molecule has 0 unspecified atom stereocenters. The molecule has 0 spiro atoms. The number of rotatable bonds is 5. The van der Waals surface area contributed by atoms with Gasteiger partial charge in [-0.1, -0.05) is 18.2 Å². The number of benzene rings is 1. The van der Waals surface area contributed by atoms with Crippen LogP contribution in [0.15, 0.2) is 36.5 Å². The van der Waals surface area contributed by atoms with Gasteiger partial charge in [-0.05, 0) is 23.5 Å². The highest BCUT2D eigenvalue weighted by Crippen LogP contribution is 2.24. The number of para-hydroxylation sites is 1. The van der Waals surface area contributed by atoms with Crippen LogP contribution in [0.2, 0.25) is 0 Å². The Bertz CT molecular complexity index is 585. The van der Waals surface area contributed by atoms with Crippen LogP contribution in [0.5, 0.6) is 5.75 Å². The van der Waals surface area contributed by atoms with Crippen molar-refractivity contribution in [3.8, 4) is 5.75 Å². The largest absolute Gasteiger partial charge is 0.484 e. The molecule has 19 heavy (non-hydrogen) atoms. The summed E-state index contributed by atoms with van der Waals surface area (Å²) in [6.07, 6.45) is 1.10. The third-order valence-electron chi connectivity index (χ3n) is 2.03. The van der Waals surface area contributed by atoms with Crippen LogP contribution in [0, 0.1) is 10.1 Å². The van der Waals surface area contributed by atoms with E-state index in [1.807, 2.05) is 6.07 Å². The van der Waals surface area contributed by atoms with E-state index in [1.54, 1.807) is 24.3 Å². The van der Waals surface area contributed by atoms with Crippen LogP contribution >= 0.6 is 11.3 Å². The van der Waals surface area contributed by atoms with Crippen molar-refractivity contribution < 1.29 is 14.5 Å². The molecule has 1 aromatic heterocycles. The van der Waals surface area contributed by atoms with E-state index in [4.69, 9.17) is 4.74 Å². The molecule has 0 saturated heterocycles. The third-order valence-corrected chi connectivity index (χ3v) is 2.90. The molecule has 0 fully saturated rings. The molecule has 0 radical (unpaired) electrons. The topological polar surface area (TPSA) is 94.4 Å². The van der Waals surface area contributed by atoms with Crippen LogP contribution in [0.25, 0.3) is 0 Å². The molecular formula is C11H9N3O4S. The van der Waals surface area contributed by atoms with Crippen LogP contribution in [0.4, 0.5) is 10.1 Å². The summed E-state index contributed by atoms with van der Waals surface area (Å²) in [6, 6.07) is 8.86. The Labute approximate surface area is 112 Å². The van der Waals surface area contributed by atoms with Gasteiger partial charge in [-0.25, -0.2) is 4.98 Å². The highest BCUT2D eigenvalue weighted by molar-refractivity contribution is 7.18. The second-order valence-electron chi connectivity index (χ2n) is 3.41. The first-order valence-electron chi connectivity index (χ1n) is 5.23. The Morgan fingerprint density at radius 1 is 1.42 bits per heavy atom. The van der Waals surface area contributed by atoms with Crippen molar-refractivity contribution in [2.24, 2.45) is 0 Å². The summed E-state index contributed by atoms with van der Waals surface area (Å²) in [6.45, 7) is -0.183. The lowest BCUT2D eigenvalue weighted by molar-refractivity contribution is -0.380. The molecule has 0 aliphatic rings. The zero-order valence-electron chi connectivity index (χ0n) is 9.61. The van der Waals surface area contributed by atoms with Gasteiger partial charge in [0.25, 0.3) is 5.91 Å². The van der Waals surface area contributed by atoms with E-state index in [-0.39, 0.29) is 16.7 Å². The summed E-state index contributed by atoms with van der Waals surface area (Å²) < 4.78 is 5.23. The van der Waals surface area contributed by atoms with Gasteiger partial charge < -0.3 is 4.74 Å². The van der Waals surface area contributed by atoms with Crippen molar-refractivity contribution in [3.05, 3.63) is 46.6 Å². The number of nitrogens with zero attached hydrogens (tertiary/aromatic N) is 2. The Morgan fingerprint density at radius 3 is 2.79 bits per heavy atom. The first-order valence-corrected chi connectivity index (χ1v) is 6.05. The first kappa shape index (κ1) is 13.0. The predicted octanol–water partition coefficient (Wildman–Crippen LogP) is 2.07. The fourth-order valence-corrected chi connectivity index (χ4v) is 1.88. The van der Waals surface area contributed by atoms with Gasteiger partial charge >= 0.3 is 5.00 Å². The number of nitro groups is 1. The third kappa shape index (κ3) is 3.75. The molecular weight excluding hydrogens is 270 g/mol. The standard InChI is InChI=1S/C11H9N3O4S/c15-9(7-18-8-4-2-1-3-5-8)13-11-12-6-10(19-11)14(16)17/h1-6H,7H2,(H,12,13,15). The number of thiazole rings is 1. The number of hydrogen-bond acceptors (Lipinski definition) is 6. The second-order valence-corrected chi connectivity index (χ2v) is 4.42. The minimum absolute atomic E-state index is 0.126. The smallest absolute Gasteiger partial charge is 0.345 e. The molecule has 7 nitrogen and oxygen atoms in total. The molecule has 1 amide bonds. The van der Waals surface area contributed by atoms with Gasteiger partial charge in [0.05, 0.1) is 4.92 Å². The molecule has 98 valence electrons. The van der Waals surface area contributed by atoms with Gasteiger partial charge in [0.15, 0.2) is 11.7 Å². The van der Waals surface area contributed by atoms with Crippen molar-refractivity contribution in [1.29, 1.82) is 0 Å². The van der Waals surface area contributed by atoms with Gasteiger partial charge in [0.2, 0.25) is 0 Å². The van der Waals surface area contributed by atoms with Crippen molar-refractivity contribution in [2.75, 3.05) is 11.9 Å². The van der Waals surface area contributed by atoms with Gasteiger partial charge in [-0.3, -0.25) is 20.2 Å². The molecule has 0 atom stereocenters. The number of ether oxygens (including phenoxy) is 1. The van der Waals surface area contributed by atoms with Crippen LogP contribution in [0.3, 0.4) is 0 Å². The van der Waals surface area contributed by atoms with E-state index in [0.29, 0.717) is 5.75 Å². The van der Waals surface area contributed by atoms with E-state index < -0.39 is 10.8 Å². The molecule has 2 aromatic rings. The van der Waals surface area contributed by atoms with E-state index in [9.17, 15) is 14.9 Å². The molecule has 0 bridgehead atoms. The van der Waals surface area contributed by atoms with E-state index in [1.165, 1.54) is 0 Å². The van der Waals surface area contributed by atoms with Crippen LogP contribution in [0.1, 0.15) is 0 Å². The normalized spacial score (nSPS) is 9.89. The summed E-state index contributed by atoms with van der Waals surface area (Å²) in [7, 11) is 0. The maximum atomic E-state index is 11.5. The summed E-state index contributed by atoms with van der Waals surface area (Å²) in [5, 5.41) is 12.9. The lowest BCUT2D eigenvalue weighted by Crippen LogP contribution is -2.19. The van der Waals surface area contributed by atoms with Crippen molar-refractivity contribution >= 4 is 27.4 Å². The SMILES string of the molecule is O=C(COc1ccccc1)Nc1ncc([N+](=O)[O-])s1. The minimum atomic E-state index is -0.562. The molecule has 2 rings (SSSR count). The molecule has 8 heteroatoms. The van der Waals surface area contributed by atoms with Gasteiger partial charge in [0, 0.05) is 0 Å². The van der Waals surface area contributed by atoms with Gasteiger partial charge in [0.1, 0.15) is 11.9 Å². The summed E-state index contributed by atoms with van der Waals surface area (Å²) in [5.41, 5.74) is 0.